The van der Waals surface area contributed by atoms with E-state index >= 15 is 0 Å². The maximum atomic E-state index is 12.2. The van der Waals surface area contributed by atoms with Crippen LogP contribution in [0.15, 0.2) is 30.3 Å². The summed E-state index contributed by atoms with van der Waals surface area (Å²) >= 11 is 0. The first-order valence-corrected chi connectivity index (χ1v) is 9.59. The molecule has 1 aliphatic heterocycles. The lowest BCUT2D eigenvalue weighted by Gasteiger charge is -2.39. The van der Waals surface area contributed by atoms with Crippen LogP contribution < -0.4 is 15.5 Å². The predicted molar refractivity (Wildman–Crippen MR) is 101 cm³/mol. The summed E-state index contributed by atoms with van der Waals surface area (Å²) in [6.45, 7) is 4.55. The highest BCUT2D eigenvalue weighted by Crippen LogP contribution is 2.35. The zero-order valence-corrected chi connectivity index (χ0v) is 15.2. The van der Waals surface area contributed by atoms with Gasteiger partial charge in [0.05, 0.1) is 6.10 Å². The van der Waals surface area contributed by atoms with E-state index in [0.717, 1.165) is 51.6 Å². The van der Waals surface area contributed by atoms with Gasteiger partial charge in [-0.15, -0.1) is 0 Å². The summed E-state index contributed by atoms with van der Waals surface area (Å²) in [5, 5.41) is 16.3. The van der Waals surface area contributed by atoms with E-state index in [1.807, 2.05) is 6.07 Å². The lowest BCUT2D eigenvalue weighted by molar-refractivity contribution is 0.00304. The fourth-order valence-electron chi connectivity index (χ4n) is 4.03. The van der Waals surface area contributed by atoms with Gasteiger partial charge in [-0.2, -0.15) is 0 Å². The largest absolute Gasteiger partial charge is 0.392 e. The van der Waals surface area contributed by atoms with E-state index in [1.165, 1.54) is 5.69 Å². The van der Waals surface area contributed by atoms with E-state index in [-0.39, 0.29) is 23.6 Å². The van der Waals surface area contributed by atoms with Gasteiger partial charge in [-0.05, 0) is 37.8 Å². The third kappa shape index (κ3) is 4.66. The van der Waals surface area contributed by atoms with E-state index in [4.69, 9.17) is 0 Å². The van der Waals surface area contributed by atoms with Crippen LogP contribution in [0.2, 0.25) is 0 Å². The van der Waals surface area contributed by atoms with Gasteiger partial charge in [0.2, 0.25) is 0 Å². The molecule has 1 saturated heterocycles. The number of carbonyl (C=O) groups excluding carboxylic acids is 1. The van der Waals surface area contributed by atoms with Crippen LogP contribution >= 0.6 is 0 Å². The number of para-hydroxylation sites is 1. The van der Waals surface area contributed by atoms with Crippen LogP contribution in [-0.2, 0) is 0 Å². The molecule has 2 fully saturated rings. The first-order valence-electron chi connectivity index (χ1n) is 9.59. The van der Waals surface area contributed by atoms with Crippen molar-refractivity contribution in [2.75, 3.05) is 24.5 Å². The van der Waals surface area contributed by atoms with Gasteiger partial charge in [0.15, 0.2) is 0 Å². The molecule has 25 heavy (non-hydrogen) atoms. The first-order chi connectivity index (χ1) is 12.1. The van der Waals surface area contributed by atoms with Crippen LogP contribution in [0.5, 0.6) is 0 Å². The van der Waals surface area contributed by atoms with E-state index in [2.05, 4.69) is 46.7 Å². The van der Waals surface area contributed by atoms with Crippen molar-refractivity contribution in [3.63, 3.8) is 0 Å². The molecule has 0 aromatic heterocycles. The lowest BCUT2D eigenvalue weighted by atomic mass is 9.73. The molecule has 138 valence electrons. The monoisotopic (exact) mass is 345 g/mol. The quantitative estimate of drug-likeness (QED) is 0.786. The number of piperidine rings is 1. The van der Waals surface area contributed by atoms with Gasteiger partial charge in [0, 0.05) is 36.8 Å². The van der Waals surface area contributed by atoms with Crippen LogP contribution in [0.1, 0.15) is 45.4 Å². The highest BCUT2D eigenvalue weighted by atomic mass is 16.3. The van der Waals surface area contributed by atoms with Crippen molar-refractivity contribution in [1.29, 1.82) is 0 Å². The Morgan fingerprint density at radius 1 is 1.20 bits per heavy atom. The summed E-state index contributed by atoms with van der Waals surface area (Å²) < 4.78 is 0. The molecule has 1 aromatic rings. The van der Waals surface area contributed by atoms with Crippen molar-refractivity contribution in [3.8, 4) is 0 Å². The summed E-state index contributed by atoms with van der Waals surface area (Å²) in [4.78, 5) is 14.6. The molecule has 1 saturated carbocycles. The number of hydrogen-bond acceptors (Lipinski definition) is 3. The molecule has 0 spiro atoms. The Hall–Kier alpha value is -1.75. The smallest absolute Gasteiger partial charge is 0.315 e. The molecule has 5 heteroatoms. The second kappa shape index (κ2) is 8.09. The zero-order chi connectivity index (χ0) is 17.7. The van der Waals surface area contributed by atoms with Gasteiger partial charge in [0.25, 0.3) is 0 Å². The normalized spacial score (nSPS) is 27.8. The number of urea groups is 1. The van der Waals surface area contributed by atoms with E-state index < -0.39 is 0 Å². The molecule has 0 bridgehead atoms. The SMILES string of the molecule is CC1(CNC(=O)NC2CCN(c3ccccc3)CC2)CCCCC1O. The first kappa shape index (κ1) is 18.1. The van der Waals surface area contributed by atoms with E-state index in [1.54, 1.807) is 0 Å². The van der Waals surface area contributed by atoms with Crippen molar-refractivity contribution in [1.82, 2.24) is 10.6 Å². The summed E-state index contributed by atoms with van der Waals surface area (Å²) in [7, 11) is 0. The maximum absolute atomic E-state index is 12.2. The Labute approximate surface area is 150 Å². The zero-order valence-electron chi connectivity index (χ0n) is 15.2. The number of nitrogens with zero attached hydrogens (tertiary/aromatic N) is 1. The van der Waals surface area contributed by atoms with E-state index in [9.17, 15) is 9.90 Å². The third-order valence-electron chi connectivity index (χ3n) is 5.88. The Kier molecular flexibility index (Phi) is 5.84. The number of hydrogen-bond donors (Lipinski definition) is 3. The molecule has 2 aliphatic rings. The summed E-state index contributed by atoms with van der Waals surface area (Å²) in [6, 6.07) is 10.6. The number of aliphatic hydroxyl groups is 1. The van der Waals surface area contributed by atoms with Crippen LogP contribution in [0, 0.1) is 5.41 Å². The van der Waals surface area contributed by atoms with Crippen LogP contribution in [-0.4, -0.2) is 42.9 Å². The van der Waals surface area contributed by atoms with Gasteiger partial charge in [-0.1, -0.05) is 38.0 Å². The summed E-state index contributed by atoms with van der Waals surface area (Å²) in [5.41, 5.74) is 1.07. The van der Waals surface area contributed by atoms with Crippen LogP contribution in [0.4, 0.5) is 10.5 Å². The molecule has 2 amide bonds. The number of carbonyl (C=O) groups is 1. The minimum absolute atomic E-state index is 0.0999. The molecular weight excluding hydrogens is 314 g/mol. The van der Waals surface area contributed by atoms with E-state index in [0.29, 0.717) is 6.54 Å². The molecule has 2 atom stereocenters. The molecular formula is C20H31N3O2. The third-order valence-corrected chi connectivity index (χ3v) is 5.88. The highest BCUT2D eigenvalue weighted by Gasteiger charge is 2.35. The molecule has 3 N–H and O–H groups in total. The number of benzene rings is 1. The average molecular weight is 345 g/mol. The lowest BCUT2D eigenvalue weighted by Crippen LogP contribution is -2.51. The Morgan fingerprint density at radius 2 is 1.92 bits per heavy atom. The molecule has 3 rings (SSSR count). The van der Waals surface area contributed by atoms with Gasteiger partial charge in [0.1, 0.15) is 0 Å². The summed E-state index contributed by atoms with van der Waals surface area (Å²) in [6.07, 6.45) is 5.65. The van der Waals surface area contributed by atoms with Crippen molar-refractivity contribution in [3.05, 3.63) is 30.3 Å². The van der Waals surface area contributed by atoms with Gasteiger partial charge in [-0.25, -0.2) is 4.79 Å². The second-order valence-electron chi connectivity index (χ2n) is 7.84. The highest BCUT2D eigenvalue weighted by molar-refractivity contribution is 5.74. The molecule has 1 aliphatic carbocycles. The Bertz CT molecular complexity index is 557. The Morgan fingerprint density at radius 3 is 2.60 bits per heavy atom. The van der Waals surface area contributed by atoms with Crippen LogP contribution in [0.25, 0.3) is 0 Å². The molecule has 5 nitrogen and oxygen atoms in total. The standard InChI is InChI=1S/C20H31N3O2/c1-20(12-6-5-9-18(20)24)15-21-19(25)22-16-10-13-23(14-11-16)17-7-3-2-4-8-17/h2-4,7-8,16,18,24H,5-6,9-15H2,1H3,(H2,21,22,25). The molecule has 1 heterocycles. The molecule has 0 radical (unpaired) electrons. The van der Waals surface area contributed by atoms with Gasteiger partial charge < -0.3 is 20.6 Å². The topological polar surface area (TPSA) is 64.6 Å². The molecule has 2 unspecified atom stereocenters. The average Bonchev–Trinajstić information content (AvgIpc) is 2.64. The van der Waals surface area contributed by atoms with Crippen molar-refractivity contribution >= 4 is 11.7 Å². The predicted octanol–water partition coefficient (Wildman–Crippen LogP) is 2.90. The maximum Gasteiger partial charge on any atom is 0.315 e. The second-order valence-corrected chi connectivity index (χ2v) is 7.84. The molecule has 1 aromatic carbocycles. The Balaban J connectivity index is 1.40. The fraction of sp³-hybridized carbons (Fsp3) is 0.650. The fourth-order valence-corrected chi connectivity index (χ4v) is 4.03. The summed E-state index contributed by atoms with van der Waals surface area (Å²) in [5.74, 6) is 0. The minimum atomic E-state index is -0.310. The number of nitrogens with one attached hydrogen (secondary N) is 2. The number of amides is 2. The number of aliphatic hydroxyl groups excluding tert-OH is 1. The minimum Gasteiger partial charge on any atom is -0.392 e. The van der Waals surface area contributed by atoms with Gasteiger partial charge in [-0.3, -0.25) is 0 Å². The van der Waals surface area contributed by atoms with Crippen LogP contribution in [0.3, 0.4) is 0 Å². The number of anilines is 1. The van der Waals surface area contributed by atoms with Gasteiger partial charge >= 0.3 is 6.03 Å². The van der Waals surface area contributed by atoms with Crippen molar-refractivity contribution in [2.24, 2.45) is 5.41 Å². The number of rotatable bonds is 4. The van der Waals surface area contributed by atoms with Crippen molar-refractivity contribution in [2.45, 2.75) is 57.6 Å². The van der Waals surface area contributed by atoms with Crippen molar-refractivity contribution < 1.29 is 9.90 Å².